The number of ether oxygens (including phenoxy) is 1. The fourth-order valence-electron chi connectivity index (χ4n) is 3.09. The maximum Gasteiger partial charge on any atom is 0.253 e. The molecule has 1 heterocycles. The number of nitrogens with zero attached hydrogens (tertiary/aromatic N) is 2. The van der Waals surface area contributed by atoms with Crippen LogP contribution in [0.4, 0.5) is 8.78 Å². The van der Waals surface area contributed by atoms with Crippen LogP contribution in [0, 0.1) is 11.6 Å². The van der Waals surface area contributed by atoms with Gasteiger partial charge in [-0.05, 0) is 35.9 Å². The molecule has 1 amide bonds. The number of hydrogen-bond acceptors (Lipinski definition) is 4. The Morgan fingerprint density at radius 1 is 1.07 bits per heavy atom. The third kappa shape index (κ3) is 4.21. The minimum absolute atomic E-state index is 0.00177. The van der Waals surface area contributed by atoms with Crippen LogP contribution in [0.5, 0.6) is 0 Å². The molecule has 0 saturated carbocycles. The number of sulfonamides is 1. The average Bonchev–Trinajstić information content (AvgIpc) is 2.70. The number of amides is 1. The van der Waals surface area contributed by atoms with Crippen molar-refractivity contribution >= 4 is 15.9 Å². The van der Waals surface area contributed by atoms with Crippen LogP contribution < -0.4 is 0 Å². The Morgan fingerprint density at radius 3 is 2.46 bits per heavy atom. The van der Waals surface area contributed by atoms with Crippen molar-refractivity contribution in [1.29, 1.82) is 0 Å². The van der Waals surface area contributed by atoms with Crippen LogP contribution in [-0.4, -0.2) is 56.8 Å². The summed E-state index contributed by atoms with van der Waals surface area (Å²) in [6, 6.07) is 9.35. The van der Waals surface area contributed by atoms with Gasteiger partial charge in [-0.15, -0.1) is 0 Å². The van der Waals surface area contributed by atoms with E-state index in [1.807, 2.05) is 6.07 Å². The van der Waals surface area contributed by atoms with Gasteiger partial charge in [-0.2, -0.15) is 4.31 Å². The van der Waals surface area contributed by atoms with Crippen molar-refractivity contribution < 1.29 is 26.7 Å². The maximum atomic E-state index is 13.9. The molecule has 2 aromatic carbocycles. The summed E-state index contributed by atoms with van der Waals surface area (Å²) in [5.41, 5.74) is 1.35. The fraction of sp³-hybridized carbons (Fsp3) is 0.316. The van der Waals surface area contributed by atoms with E-state index in [2.05, 4.69) is 0 Å². The highest BCUT2D eigenvalue weighted by Crippen LogP contribution is 2.22. The van der Waals surface area contributed by atoms with Gasteiger partial charge in [0.2, 0.25) is 10.0 Å². The highest BCUT2D eigenvalue weighted by atomic mass is 32.2. The van der Waals surface area contributed by atoms with E-state index in [0.29, 0.717) is 18.2 Å². The Bertz CT molecular complexity index is 974. The number of halogens is 2. The molecular weight excluding hydrogens is 390 g/mol. The Balaban J connectivity index is 1.71. The van der Waals surface area contributed by atoms with Crippen LogP contribution in [-0.2, 0) is 21.4 Å². The van der Waals surface area contributed by atoms with E-state index in [1.54, 1.807) is 30.2 Å². The Kier molecular flexibility index (Phi) is 6.07. The van der Waals surface area contributed by atoms with E-state index in [-0.39, 0.29) is 32.1 Å². The summed E-state index contributed by atoms with van der Waals surface area (Å²) in [5, 5.41) is 0. The SMILES string of the molecule is COCc1cccc(C(=O)N2CCN(S(=O)(=O)c3cc(F)ccc3F)CC2)c1. The molecule has 1 aliphatic rings. The van der Waals surface area contributed by atoms with Gasteiger partial charge in [0.1, 0.15) is 16.5 Å². The molecule has 0 spiro atoms. The molecule has 1 aliphatic heterocycles. The first-order valence-corrected chi connectivity index (χ1v) is 10.1. The third-order valence-corrected chi connectivity index (χ3v) is 6.44. The molecular formula is C19H20F2N2O4S. The lowest BCUT2D eigenvalue weighted by atomic mass is 10.1. The first-order valence-electron chi connectivity index (χ1n) is 8.65. The summed E-state index contributed by atoms with van der Waals surface area (Å²) in [4.78, 5) is 13.5. The number of carbonyl (C=O) groups is 1. The molecule has 0 aromatic heterocycles. The molecule has 0 atom stereocenters. The van der Waals surface area contributed by atoms with E-state index in [1.165, 1.54) is 0 Å². The van der Waals surface area contributed by atoms with E-state index >= 15 is 0 Å². The van der Waals surface area contributed by atoms with Crippen LogP contribution in [0.1, 0.15) is 15.9 Å². The zero-order chi connectivity index (χ0) is 20.3. The minimum Gasteiger partial charge on any atom is -0.380 e. The second-order valence-electron chi connectivity index (χ2n) is 6.40. The predicted octanol–water partition coefficient (Wildman–Crippen LogP) is 2.26. The van der Waals surface area contributed by atoms with Gasteiger partial charge in [-0.1, -0.05) is 12.1 Å². The number of hydrogen-bond donors (Lipinski definition) is 0. The number of benzene rings is 2. The van der Waals surface area contributed by atoms with Crippen molar-refractivity contribution in [2.45, 2.75) is 11.5 Å². The Morgan fingerprint density at radius 2 is 1.79 bits per heavy atom. The largest absolute Gasteiger partial charge is 0.380 e. The van der Waals surface area contributed by atoms with Crippen LogP contribution in [0.25, 0.3) is 0 Å². The summed E-state index contributed by atoms with van der Waals surface area (Å²) >= 11 is 0. The van der Waals surface area contributed by atoms with Gasteiger partial charge in [-0.25, -0.2) is 17.2 Å². The standard InChI is InChI=1S/C19H20F2N2O4S/c1-27-13-14-3-2-4-15(11-14)19(24)22-7-9-23(10-8-22)28(25,26)18-12-16(20)5-6-17(18)21/h2-6,11-12H,7-10,13H2,1H3. The number of piperazine rings is 1. The molecule has 150 valence electrons. The zero-order valence-corrected chi connectivity index (χ0v) is 16.1. The van der Waals surface area contributed by atoms with Crippen LogP contribution in [0.3, 0.4) is 0 Å². The van der Waals surface area contributed by atoms with Crippen LogP contribution >= 0.6 is 0 Å². The first kappa shape index (κ1) is 20.4. The lowest BCUT2D eigenvalue weighted by molar-refractivity contribution is 0.0697. The summed E-state index contributed by atoms with van der Waals surface area (Å²) < 4.78 is 58.7. The molecule has 0 unspecified atom stereocenters. The topological polar surface area (TPSA) is 66.9 Å². The number of rotatable bonds is 5. The molecule has 1 saturated heterocycles. The van der Waals surface area contributed by atoms with E-state index in [0.717, 1.165) is 22.0 Å². The van der Waals surface area contributed by atoms with Crippen molar-refractivity contribution in [3.8, 4) is 0 Å². The highest BCUT2D eigenvalue weighted by molar-refractivity contribution is 7.89. The van der Waals surface area contributed by atoms with Gasteiger partial charge in [0, 0.05) is 38.9 Å². The van der Waals surface area contributed by atoms with Gasteiger partial charge in [0.05, 0.1) is 6.61 Å². The van der Waals surface area contributed by atoms with Gasteiger partial charge in [-0.3, -0.25) is 4.79 Å². The van der Waals surface area contributed by atoms with Gasteiger partial charge >= 0.3 is 0 Å². The third-order valence-electron chi connectivity index (χ3n) is 4.52. The van der Waals surface area contributed by atoms with Crippen molar-refractivity contribution in [2.24, 2.45) is 0 Å². The molecule has 2 aromatic rings. The summed E-state index contributed by atoms with van der Waals surface area (Å²) in [6.45, 7) is 0.697. The predicted molar refractivity (Wildman–Crippen MR) is 98.2 cm³/mol. The summed E-state index contributed by atoms with van der Waals surface area (Å²) in [6.07, 6.45) is 0. The normalized spacial score (nSPS) is 15.6. The molecule has 0 bridgehead atoms. The maximum absolute atomic E-state index is 13.9. The van der Waals surface area contributed by atoms with Crippen molar-refractivity contribution in [1.82, 2.24) is 9.21 Å². The molecule has 0 radical (unpaired) electrons. The van der Waals surface area contributed by atoms with Gasteiger partial charge in [0.15, 0.2) is 0 Å². The minimum atomic E-state index is -4.18. The van der Waals surface area contributed by atoms with E-state index in [9.17, 15) is 22.0 Å². The van der Waals surface area contributed by atoms with Crippen LogP contribution in [0.15, 0.2) is 47.4 Å². The monoisotopic (exact) mass is 410 g/mol. The second kappa shape index (κ2) is 8.34. The van der Waals surface area contributed by atoms with Gasteiger partial charge in [0.25, 0.3) is 5.91 Å². The zero-order valence-electron chi connectivity index (χ0n) is 15.3. The molecule has 0 aliphatic carbocycles. The molecule has 0 N–H and O–H groups in total. The summed E-state index contributed by atoms with van der Waals surface area (Å²) in [7, 11) is -2.61. The molecule has 3 rings (SSSR count). The molecule has 6 nitrogen and oxygen atoms in total. The van der Waals surface area contributed by atoms with Crippen molar-refractivity contribution in [3.05, 3.63) is 65.2 Å². The molecule has 1 fully saturated rings. The fourth-order valence-corrected chi connectivity index (χ4v) is 4.59. The lowest BCUT2D eigenvalue weighted by Crippen LogP contribution is -2.50. The van der Waals surface area contributed by atoms with Crippen molar-refractivity contribution in [2.75, 3.05) is 33.3 Å². The van der Waals surface area contributed by atoms with E-state index < -0.39 is 26.6 Å². The Hall–Kier alpha value is -2.36. The summed E-state index contributed by atoms with van der Waals surface area (Å²) in [5.74, 6) is -2.05. The lowest BCUT2D eigenvalue weighted by Gasteiger charge is -2.34. The number of methoxy groups -OCH3 is 1. The quantitative estimate of drug-likeness (QED) is 0.759. The average molecular weight is 410 g/mol. The smallest absolute Gasteiger partial charge is 0.253 e. The van der Waals surface area contributed by atoms with Crippen LogP contribution in [0.2, 0.25) is 0 Å². The molecule has 9 heteroatoms. The second-order valence-corrected chi connectivity index (χ2v) is 8.31. The van der Waals surface area contributed by atoms with E-state index in [4.69, 9.17) is 4.74 Å². The number of carbonyl (C=O) groups excluding carboxylic acids is 1. The highest BCUT2D eigenvalue weighted by Gasteiger charge is 2.32. The molecule has 28 heavy (non-hydrogen) atoms. The van der Waals surface area contributed by atoms with Crippen molar-refractivity contribution in [3.63, 3.8) is 0 Å². The first-order chi connectivity index (χ1) is 13.3. The Labute approximate surface area is 162 Å². The van der Waals surface area contributed by atoms with Gasteiger partial charge < -0.3 is 9.64 Å².